The third kappa shape index (κ3) is 4.85. The summed E-state index contributed by atoms with van der Waals surface area (Å²) >= 11 is 0. The molecule has 6 nitrogen and oxygen atoms in total. The molecule has 0 unspecified atom stereocenters. The average molecular weight is 314 g/mol. The van der Waals surface area contributed by atoms with Crippen molar-refractivity contribution in [3.8, 4) is 0 Å². The number of hydrogen-bond donors (Lipinski definition) is 2. The molecule has 0 radical (unpaired) electrons. The molecule has 0 saturated carbocycles. The molecule has 1 heterocycles. The van der Waals surface area contributed by atoms with E-state index in [1.807, 2.05) is 0 Å². The standard InChI is InChI=1S/C10H13F3N2O4S/c1-6-8(20(14,17)18)5-7(19-6)9(16)15-4-2-3-10(11,12)13/h5H,2-4H2,1H3,(H,15,16)(H2,14,17,18). The van der Waals surface area contributed by atoms with Gasteiger partial charge in [0.15, 0.2) is 5.76 Å². The molecular formula is C10H13F3N2O4S. The number of rotatable bonds is 5. The van der Waals surface area contributed by atoms with Gasteiger partial charge in [-0.2, -0.15) is 13.2 Å². The van der Waals surface area contributed by atoms with Crippen LogP contribution in [0, 0.1) is 6.92 Å². The molecule has 1 aromatic heterocycles. The maximum absolute atomic E-state index is 11.9. The Morgan fingerprint density at radius 3 is 2.50 bits per heavy atom. The topological polar surface area (TPSA) is 102 Å². The fraction of sp³-hybridized carbons (Fsp3) is 0.500. The molecule has 20 heavy (non-hydrogen) atoms. The number of alkyl halides is 3. The van der Waals surface area contributed by atoms with E-state index >= 15 is 0 Å². The zero-order chi connectivity index (χ0) is 15.6. The number of amides is 1. The van der Waals surface area contributed by atoms with Gasteiger partial charge < -0.3 is 9.73 Å². The first-order chi connectivity index (χ1) is 9.00. The molecule has 0 atom stereocenters. The van der Waals surface area contributed by atoms with Crippen LogP contribution in [0.15, 0.2) is 15.4 Å². The van der Waals surface area contributed by atoms with E-state index in [0.29, 0.717) is 0 Å². The predicted octanol–water partition coefficient (Wildman–Crippen LogP) is 1.31. The number of nitrogens with two attached hydrogens (primary N) is 1. The summed E-state index contributed by atoms with van der Waals surface area (Å²) in [6, 6.07) is 0.934. The summed E-state index contributed by atoms with van der Waals surface area (Å²) in [5.74, 6) is -1.18. The number of furan rings is 1. The number of halogens is 3. The highest BCUT2D eigenvalue weighted by atomic mass is 32.2. The summed E-state index contributed by atoms with van der Waals surface area (Å²) in [4.78, 5) is 11.2. The van der Waals surface area contributed by atoms with Crippen LogP contribution in [0.2, 0.25) is 0 Å². The first-order valence-electron chi connectivity index (χ1n) is 5.49. The molecule has 0 aliphatic carbocycles. The van der Waals surface area contributed by atoms with Crippen LogP contribution in [0.3, 0.4) is 0 Å². The zero-order valence-electron chi connectivity index (χ0n) is 10.5. The maximum atomic E-state index is 11.9. The monoisotopic (exact) mass is 314 g/mol. The molecule has 0 bridgehead atoms. The number of primary sulfonamides is 1. The van der Waals surface area contributed by atoms with Gasteiger partial charge in [0.1, 0.15) is 10.7 Å². The molecule has 114 valence electrons. The van der Waals surface area contributed by atoms with Crippen LogP contribution in [0.25, 0.3) is 0 Å². The summed E-state index contributed by atoms with van der Waals surface area (Å²) in [5.41, 5.74) is 0. The Kier molecular flexibility index (Phi) is 4.81. The van der Waals surface area contributed by atoms with E-state index in [-0.39, 0.29) is 29.4 Å². The van der Waals surface area contributed by atoms with Crippen LogP contribution in [0.1, 0.15) is 29.2 Å². The lowest BCUT2D eigenvalue weighted by Gasteiger charge is -2.06. The first kappa shape index (κ1) is 16.5. The Labute approximate surface area is 113 Å². The Balaban J connectivity index is 2.61. The fourth-order valence-electron chi connectivity index (χ4n) is 1.44. The lowest BCUT2D eigenvalue weighted by molar-refractivity contribution is -0.135. The maximum Gasteiger partial charge on any atom is 0.389 e. The molecule has 3 N–H and O–H groups in total. The van der Waals surface area contributed by atoms with Crippen molar-refractivity contribution in [3.63, 3.8) is 0 Å². The summed E-state index contributed by atoms with van der Waals surface area (Å²) in [6.07, 6.45) is -5.59. The Hall–Kier alpha value is -1.55. The lowest BCUT2D eigenvalue weighted by atomic mass is 10.3. The predicted molar refractivity (Wildman–Crippen MR) is 62.4 cm³/mol. The average Bonchev–Trinajstić information content (AvgIpc) is 2.65. The van der Waals surface area contributed by atoms with Crippen molar-refractivity contribution >= 4 is 15.9 Å². The molecule has 0 aliphatic heterocycles. The normalized spacial score (nSPS) is 12.4. The molecule has 1 aromatic rings. The first-order valence-corrected chi connectivity index (χ1v) is 7.03. The van der Waals surface area contributed by atoms with Crippen molar-refractivity contribution < 1.29 is 30.8 Å². The Bertz CT molecular complexity index is 592. The van der Waals surface area contributed by atoms with Gasteiger partial charge in [-0.05, 0) is 13.3 Å². The minimum Gasteiger partial charge on any atom is -0.455 e. The second-order valence-corrected chi connectivity index (χ2v) is 5.58. The van der Waals surface area contributed by atoms with Crippen LogP contribution in [0.4, 0.5) is 13.2 Å². The molecule has 1 amide bonds. The highest BCUT2D eigenvalue weighted by molar-refractivity contribution is 7.89. The smallest absolute Gasteiger partial charge is 0.389 e. The van der Waals surface area contributed by atoms with Gasteiger partial charge in [-0.25, -0.2) is 13.6 Å². The molecule has 0 saturated heterocycles. The van der Waals surface area contributed by atoms with Gasteiger partial charge in [-0.3, -0.25) is 4.79 Å². The second kappa shape index (κ2) is 5.83. The summed E-state index contributed by atoms with van der Waals surface area (Å²) in [5, 5.41) is 7.09. The quantitative estimate of drug-likeness (QED) is 0.800. The van der Waals surface area contributed by atoms with E-state index in [1.54, 1.807) is 0 Å². The molecule has 1 rings (SSSR count). The molecular weight excluding hydrogens is 301 g/mol. The molecule has 0 aromatic carbocycles. The molecule has 0 spiro atoms. The largest absolute Gasteiger partial charge is 0.455 e. The van der Waals surface area contributed by atoms with Crippen LogP contribution < -0.4 is 10.5 Å². The lowest BCUT2D eigenvalue weighted by Crippen LogP contribution is -2.25. The Morgan fingerprint density at radius 1 is 1.45 bits per heavy atom. The van der Waals surface area contributed by atoms with Crippen molar-refractivity contribution in [2.24, 2.45) is 5.14 Å². The molecule has 10 heteroatoms. The van der Waals surface area contributed by atoms with Gasteiger partial charge in [-0.1, -0.05) is 0 Å². The molecule has 0 fully saturated rings. The van der Waals surface area contributed by atoms with Gasteiger partial charge in [0.2, 0.25) is 10.0 Å². The van der Waals surface area contributed by atoms with Crippen molar-refractivity contribution in [2.45, 2.75) is 30.8 Å². The van der Waals surface area contributed by atoms with Crippen LogP contribution in [-0.4, -0.2) is 27.0 Å². The van der Waals surface area contributed by atoms with Crippen molar-refractivity contribution in [2.75, 3.05) is 6.54 Å². The van der Waals surface area contributed by atoms with E-state index in [4.69, 9.17) is 9.56 Å². The minimum atomic E-state index is -4.28. The third-order valence-corrected chi connectivity index (χ3v) is 3.34. The number of aryl methyl sites for hydroxylation is 1. The Morgan fingerprint density at radius 2 is 2.05 bits per heavy atom. The van der Waals surface area contributed by atoms with Crippen LogP contribution in [0.5, 0.6) is 0 Å². The van der Waals surface area contributed by atoms with Crippen molar-refractivity contribution in [1.29, 1.82) is 0 Å². The highest BCUT2D eigenvalue weighted by Gasteiger charge is 2.26. The fourth-order valence-corrected chi connectivity index (χ4v) is 2.15. The van der Waals surface area contributed by atoms with Crippen molar-refractivity contribution in [3.05, 3.63) is 17.6 Å². The van der Waals surface area contributed by atoms with E-state index in [9.17, 15) is 26.4 Å². The van der Waals surface area contributed by atoms with E-state index in [2.05, 4.69) is 5.32 Å². The van der Waals surface area contributed by atoms with Crippen LogP contribution in [-0.2, 0) is 10.0 Å². The van der Waals surface area contributed by atoms with E-state index in [1.165, 1.54) is 6.92 Å². The van der Waals surface area contributed by atoms with Gasteiger partial charge in [0.05, 0.1) is 0 Å². The summed E-state index contributed by atoms with van der Waals surface area (Å²) in [7, 11) is -4.01. The van der Waals surface area contributed by atoms with Gasteiger partial charge in [0, 0.05) is 19.0 Å². The number of carbonyl (C=O) groups is 1. The van der Waals surface area contributed by atoms with Gasteiger partial charge in [-0.15, -0.1) is 0 Å². The minimum absolute atomic E-state index is 0.0621. The van der Waals surface area contributed by atoms with E-state index < -0.39 is 28.5 Å². The van der Waals surface area contributed by atoms with Gasteiger partial charge >= 0.3 is 6.18 Å². The summed E-state index contributed by atoms with van der Waals surface area (Å²) < 4.78 is 62.8. The number of carbonyl (C=O) groups excluding carboxylic acids is 1. The van der Waals surface area contributed by atoms with Crippen molar-refractivity contribution in [1.82, 2.24) is 5.32 Å². The zero-order valence-corrected chi connectivity index (χ0v) is 11.3. The van der Waals surface area contributed by atoms with E-state index in [0.717, 1.165) is 6.07 Å². The number of nitrogens with one attached hydrogen (secondary N) is 1. The summed E-state index contributed by atoms with van der Waals surface area (Å²) in [6.45, 7) is 1.10. The second-order valence-electron chi connectivity index (χ2n) is 4.05. The highest BCUT2D eigenvalue weighted by Crippen LogP contribution is 2.21. The SMILES string of the molecule is Cc1oc(C(=O)NCCCC(F)(F)F)cc1S(N)(=O)=O. The van der Waals surface area contributed by atoms with Gasteiger partial charge in [0.25, 0.3) is 5.91 Å². The third-order valence-electron chi connectivity index (χ3n) is 2.33. The van der Waals surface area contributed by atoms with Crippen LogP contribution >= 0.6 is 0 Å². The number of sulfonamides is 1. The molecule has 0 aliphatic rings. The number of hydrogen-bond acceptors (Lipinski definition) is 4.